The number of likely N-dealkylation sites (tertiary alicyclic amines) is 1. The Morgan fingerprint density at radius 1 is 1.21 bits per heavy atom. The van der Waals surface area contributed by atoms with Crippen molar-refractivity contribution < 1.29 is 18.7 Å². The van der Waals surface area contributed by atoms with Crippen molar-refractivity contribution in [3.8, 4) is 5.75 Å². The molecule has 28 heavy (non-hydrogen) atoms. The number of hydrogen-bond acceptors (Lipinski definition) is 3. The summed E-state index contributed by atoms with van der Waals surface area (Å²) in [5, 5.41) is 3.15. The van der Waals surface area contributed by atoms with Gasteiger partial charge in [-0.05, 0) is 72.1 Å². The van der Waals surface area contributed by atoms with Crippen LogP contribution in [-0.2, 0) is 4.79 Å². The number of carbonyl (C=O) groups excluding carboxylic acids is 2. The summed E-state index contributed by atoms with van der Waals surface area (Å²) in [7, 11) is 0. The third kappa shape index (κ3) is 4.83. The van der Waals surface area contributed by atoms with E-state index in [-0.39, 0.29) is 5.91 Å². The number of anilines is 1. The summed E-state index contributed by atoms with van der Waals surface area (Å²) in [6, 6.07) is 8.71. The molecular formula is C20H19BrClFN2O3. The molecule has 1 N–H and O–H groups in total. The molecular weight excluding hydrogens is 451 g/mol. The van der Waals surface area contributed by atoms with Gasteiger partial charge in [0.1, 0.15) is 11.6 Å². The van der Waals surface area contributed by atoms with Crippen molar-refractivity contribution in [3.05, 3.63) is 57.3 Å². The molecule has 3 rings (SSSR count). The molecule has 1 heterocycles. The van der Waals surface area contributed by atoms with Crippen molar-refractivity contribution in [2.45, 2.75) is 25.9 Å². The van der Waals surface area contributed by atoms with Gasteiger partial charge in [-0.15, -0.1) is 0 Å². The van der Waals surface area contributed by atoms with E-state index in [1.807, 2.05) is 0 Å². The highest BCUT2D eigenvalue weighted by Gasteiger charge is 2.24. The van der Waals surface area contributed by atoms with Crippen LogP contribution in [0.4, 0.5) is 10.1 Å². The number of nitrogens with one attached hydrogen (secondary N) is 1. The summed E-state index contributed by atoms with van der Waals surface area (Å²) >= 11 is 9.27. The Kier molecular flexibility index (Phi) is 6.57. The first-order valence-electron chi connectivity index (χ1n) is 8.86. The second kappa shape index (κ2) is 8.92. The normalized spacial score (nSPS) is 14.6. The van der Waals surface area contributed by atoms with E-state index in [0.29, 0.717) is 39.6 Å². The average molecular weight is 470 g/mol. The number of nitrogens with zero attached hydrogens (tertiary/aromatic N) is 1. The predicted molar refractivity (Wildman–Crippen MR) is 109 cm³/mol. The molecule has 1 saturated heterocycles. The number of amides is 2. The summed E-state index contributed by atoms with van der Waals surface area (Å²) in [5.74, 6) is -0.671. The minimum atomic E-state index is -0.868. The topological polar surface area (TPSA) is 58.6 Å². The van der Waals surface area contributed by atoms with E-state index in [1.165, 1.54) is 18.2 Å². The van der Waals surface area contributed by atoms with Crippen LogP contribution in [0.1, 0.15) is 30.1 Å². The van der Waals surface area contributed by atoms with Crippen molar-refractivity contribution in [1.29, 1.82) is 0 Å². The van der Waals surface area contributed by atoms with Gasteiger partial charge < -0.3 is 15.0 Å². The molecule has 2 aromatic carbocycles. The number of benzene rings is 2. The monoisotopic (exact) mass is 468 g/mol. The van der Waals surface area contributed by atoms with Gasteiger partial charge in [-0.2, -0.15) is 0 Å². The van der Waals surface area contributed by atoms with E-state index in [1.54, 1.807) is 30.0 Å². The maximum Gasteiger partial charge on any atom is 0.265 e. The van der Waals surface area contributed by atoms with E-state index >= 15 is 0 Å². The molecule has 0 saturated carbocycles. The fourth-order valence-corrected chi connectivity index (χ4v) is 3.56. The zero-order valence-corrected chi connectivity index (χ0v) is 17.5. The van der Waals surface area contributed by atoms with E-state index in [9.17, 15) is 14.0 Å². The Morgan fingerprint density at radius 3 is 2.61 bits per heavy atom. The lowest BCUT2D eigenvalue weighted by Gasteiger charge is -2.20. The Morgan fingerprint density at radius 2 is 1.93 bits per heavy atom. The maximum absolute atomic E-state index is 13.2. The van der Waals surface area contributed by atoms with Crippen LogP contribution in [0.15, 0.2) is 40.9 Å². The third-order valence-corrected chi connectivity index (χ3v) is 5.28. The van der Waals surface area contributed by atoms with E-state index in [2.05, 4.69) is 21.2 Å². The summed E-state index contributed by atoms with van der Waals surface area (Å²) in [6.07, 6.45) is 1.06. The summed E-state index contributed by atoms with van der Waals surface area (Å²) in [4.78, 5) is 27.1. The van der Waals surface area contributed by atoms with Crippen LogP contribution in [0, 0.1) is 5.82 Å². The quantitative estimate of drug-likeness (QED) is 0.679. The Bertz CT molecular complexity index is 903. The van der Waals surface area contributed by atoms with Crippen molar-refractivity contribution >= 4 is 45.0 Å². The summed E-state index contributed by atoms with van der Waals surface area (Å²) in [6.45, 7) is 2.96. The molecule has 1 fully saturated rings. The summed E-state index contributed by atoms with van der Waals surface area (Å²) < 4.78 is 19.2. The van der Waals surface area contributed by atoms with Gasteiger partial charge in [-0.3, -0.25) is 9.59 Å². The molecule has 148 valence electrons. The lowest BCUT2D eigenvalue weighted by atomic mass is 10.1. The molecule has 1 unspecified atom stereocenters. The van der Waals surface area contributed by atoms with Gasteiger partial charge in [0.15, 0.2) is 6.10 Å². The van der Waals surface area contributed by atoms with Gasteiger partial charge in [0, 0.05) is 18.1 Å². The zero-order valence-electron chi connectivity index (χ0n) is 15.2. The lowest BCUT2D eigenvalue weighted by molar-refractivity contribution is -0.122. The van der Waals surface area contributed by atoms with E-state index in [4.69, 9.17) is 16.3 Å². The molecule has 0 aromatic heterocycles. The zero-order chi connectivity index (χ0) is 20.3. The van der Waals surface area contributed by atoms with Gasteiger partial charge in [-0.1, -0.05) is 11.6 Å². The average Bonchev–Trinajstić information content (AvgIpc) is 3.19. The second-order valence-electron chi connectivity index (χ2n) is 6.51. The van der Waals surface area contributed by atoms with Crippen LogP contribution >= 0.6 is 27.5 Å². The SMILES string of the molecule is CC(Oc1ccc(F)cc1Br)C(=O)Nc1ccc(Cl)cc1C(=O)N1CCCC1. The van der Waals surface area contributed by atoms with Gasteiger partial charge in [0.05, 0.1) is 15.7 Å². The van der Waals surface area contributed by atoms with E-state index < -0.39 is 17.8 Å². The standard InChI is InChI=1S/C20H19BrClFN2O3/c1-12(28-18-7-5-14(23)11-16(18)21)19(26)24-17-6-4-13(22)10-15(17)20(27)25-8-2-3-9-25/h4-7,10-12H,2-3,8-9H2,1H3,(H,24,26). The molecule has 0 aliphatic carbocycles. The first-order chi connectivity index (χ1) is 13.3. The second-order valence-corrected chi connectivity index (χ2v) is 7.80. The molecule has 1 aliphatic rings. The fourth-order valence-electron chi connectivity index (χ4n) is 2.94. The van der Waals surface area contributed by atoms with Gasteiger partial charge in [0.25, 0.3) is 11.8 Å². The van der Waals surface area contributed by atoms with Crippen molar-refractivity contribution in [2.75, 3.05) is 18.4 Å². The highest BCUT2D eigenvalue weighted by Crippen LogP contribution is 2.27. The molecule has 1 atom stereocenters. The molecule has 2 amide bonds. The van der Waals surface area contributed by atoms with Gasteiger partial charge in [-0.25, -0.2) is 4.39 Å². The Labute approximate surface area is 175 Å². The minimum Gasteiger partial charge on any atom is -0.480 e. The molecule has 0 spiro atoms. The molecule has 5 nitrogen and oxygen atoms in total. The summed E-state index contributed by atoms with van der Waals surface area (Å²) in [5.41, 5.74) is 0.720. The number of ether oxygens (including phenoxy) is 1. The van der Waals surface area contributed by atoms with Crippen LogP contribution in [-0.4, -0.2) is 35.9 Å². The van der Waals surface area contributed by atoms with E-state index in [0.717, 1.165) is 12.8 Å². The maximum atomic E-state index is 13.2. The molecule has 0 bridgehead atoms. The molecule has 0 radical (unpaired) electrons. The van der Waals surface area contributed by atoms with Crippen molar-refractivity contribution in [3.63, 3.8) is 0 Å². The van der Waals surface area contributed by atoms with Crippen LogP contribution in [0.25, 0.3) is 0 Å². The van der Waals surface area contributed by atoms with Crippen LogP contribution in [0.2, 0.25) is 5.02 Å². The number of rotatable bonds is 5. The lowest BCUT2D eigenvalue weighted by Crippen LogP contribution is -2.32. The van der Waals surface area contributed by atoms with Crippen molar-refractivity contribution in [1.82, 2.24) is 4.90 Å². The number of halogens is 3. The molecule has 1 aliphatic heterocycles. The van der Waals surface area contributed by atoms with Gasteiger partial charge in [0.2, 0.25) is 0 Å². The van der Waals surface area contributed by atoms with Crippen LogP contribution in [0.5, 0.6) is 5.75 Å². The van der Waals surface area contributed by atoms with Gasteiger partial charge >= 0.3 is 0 Å². The molecule has 8 heteroatoms. The number of carbonyl (C=O) groups is 2. The number of hydrogen-bond donors (Lipinski definition) is 1. The van der Waals surface area contributed by atoms with Crippen molar-refractivity contribution in [2.24, 2.45) is 0 Å². The Hall–Kier alpha value is -2.12. The minimum absolute atomic E-state index is 0.162. The highest BCUT2D eigenvalue weighted by atomic mass is 79.9. The first-order valence-corrected chi connectivity index (χ1v) is 10.0. The van der Waals surface area contributed by atoms with Crippen LogP contribution in [0.3, 0.4) is 0 Å². The highest BCUT2D eigenvalue weighted by molar-refractivity contribution is 9.10. The third-order valence-electron chi connectivity index (χ3n) is 4.43. The largest absolute Gasteiger partial charge is 0.480 e. The predicted octanol–water partition coefficient (Wildman–Crippen LogP) is 4.88. The first kappa shape index (κ1) is 20.6. The fraction of sp³-hybridized carbons (Fsp3) is 0.300. The Balaban J connectivity index is 1.75. The molecule has 2 aromatic rings. The smallest absolute Gasteiger partial charge is 0.265 e. The van der Waals surface area contributed by atoms with Crippen LogP contribution < -0.4 is 10.1 Å².